The quantitative estimate of drug-likeness (QED) is 0.451. The fourth-order valence-electron chi connectivity index (χ4n) is 1.94. The van der Waals surface area contributed by atoms with Crippen LogP contribution in [0.4, 0.5) is 0 Å². The van der Waals surface area contributed by atoms with E-state index in [0.29, 0.717) is 0 Å². The van der Waals surface area contributed by atoms with E-state index in [9.17, 15) is 14.4 Å². The van der Waals surface area contributed by atoms with Crippen molar-refractivity contribution in [3.05, 3.63) is 33.3 Å². The molecule has 0 radical (unpaired) electrons. The standard InChI is InChI=1S/C12H9Cl2NO4/c1-15-10(16)6-4-8(14)7(13)3-5(6)9(11(15)17)12(18)19-2/h3-4,9H,1-2H3. The van der Waals surface area contributed by atoms with Crippen LogP contribution >= 0.6 is 23.2 Å². The van der Waals surface area contributed by atoms with Crippen LogP contribution in [0.2, 0.25) is 10.0 Å². The highest BCUT2D eigenvalue weighted by Gasteiger charge is 2.42. The summed E-state index contributed by atoms with van der Waals surface area (Å²) in [6.45, 7) is 0. The van der Waals surface area contributed by atoms with Gasteiger partial charge in [0, 0.05) is 12.6 Å². The number of nitrogens with zero attached hydrogens (tertiary/aromatic N) is 1. The number of likely N-dealkylation sites (N-methyl/N-ethyl adjacent to an activating group) is 1. The molecule has 0 fully saturated rings. The van der Waals surface area contributed by atoms with Gasteiger partial charge in [0.15, 0.2) is 5.92 Å². The van der Waals surface area contributed by atoms with Crippen LogP contribution in [0.15, 0.2) is 12.1 Å². The number of ether oxygens (including phenoxy) is 1. The van der Waals surface area contributed by atoms with Crippen molar-refractivity contribution in [2.24, 2.45) is 0 Å². The highest BCUT2D eigenvalue weighted by atomic mass is 35.5. The van der Waals surface area contributed by atoms with Gasteiger partial charge in [-0.2, -0.15) is 0 Å². The molecule has 0 saturated heterocycles. The second-order valence-corrected chi connectivity index (χ2v) is 4.83. The Bertz CT molecular complexity index is 600. The van der Waals surface area contributed by atoms with Gasteiger partial charge in [-0.3, -0.25) is 19.3 Å². The summed E-state index contributed by atoms with van der Waals surface area (Å²) >= 11 is 11.7. The minimum absolute atomic E-state index is 0.166. The molecule has 1 unspecified atom stereocenters. The van der Waals surface area contributed by atoms with Crippen LogP contribution in [0.3, 0.4) is 0 Å². The Morgan fingerprint density at radius 1 is 1.26 bits per heavy atom. The Hall–Kier alpha value is -1.59. The summed E-state index contributed by atoms with van der Waals surface area (Å²) in [5.41, 5.74) is 0.390. The van der Waals surface area contributed by atoms with Gasteiger partial charge in [0.1, 0.15) is 0 Å². The van der Waals surface area contributed by atoms with Crippen LogP contribution in [0.5, 0.6) is 0 Å². The number of methoxy groups -OCH3 is 1. The van der Waals surface area contributed by atoms with Gasteiger partial charge in [-0.1, -0.05) is 23.2 Å². The maximum Gasteiger partial charge on any atom is 0.322 e. The van der Waals surface area contributed by atoms with Crippen molar-refractivity contribution < 1.29 is 19.1 Å². The molecule has 1 aromatic rings. The highest BCUT2D eigenvalue weighted by Crippen LogP contribution is 2.35. The molecule has 0 N–H and O–H groups in total. The number of hydrogen-bond donors (Lipinski definition) is 0. The summed E-state index contributed by atoms with van der Waals surface area (Å²) in [5, 5.41) is 0.347. The van der Waals surface area contributed by atoms with Crippen molar-refractivity contribution in [2.75, 3.05) is 14.2 Å². The number of imide groups is 1. The number of carbonyl (C=O) groups is 3. The first-order valence-corrected chi connectivity index (χ1v) is 6.02. The number of benzene rings is 1. The molecule has 2 amide bonds. The molecular formula is C12H9Cl2NO4. The van der Waals surface area contributed by atoms with Gasteiger partial charge >= 0.3 is 5.97 Å². The fraction of sp³-hybridized carbons (Fsp3) is 0.250. The van der Waals surface area contributed by atoms with Crippen LogP contribution in [0, 0.1) is 0 Å². The smallest absolute Gasteiger partial charge is 0.322 e. The van der Waals surface area contributed by atoms with E-state index in [0.717, 1.165) is 4.90 Å². The number of amides is 2. The lowest BCUT2D eigenvalue weighted by Crippen LogP contribution is -2.45. The summed E-state index contributed by atoms with van der Waals surface area (Å²) in [6, 6.07) is 2.70. The number of rotatable bonds is 1. The van der Waals surface area contributed by atoms with Crippen molar-refractivity contribution in [3.63, 3.8) is 0 Å². The molecule has 0 aliphatic carbocycles. The number of halogens is 2. The van der Waals surface area contributed by atoms with Gasteiger partial charge in [-0.25, -0.2) is 0 Å². The van der Waals surface area contributed by atoms with E-state index < -0.39 is 23.7 Å². The SMILES string of the molecule is COC(=O)C1C(=O)N(C)C(=O)c2cc(Cl)c(Cl)cc21. The van der Waals surface area contributed by atoms with Crippen LogP contribution in [0.1, 0.15) is 21.8 Å². The average Bonchev–Trinajstić information content (AvgIpc) is 2.39. The summed E-state index contributed by atoms with van der Waals surface area (Å²) in [7, 11) is 2.47. The van der Waals surface area contributed by atoms with Gasteiger partial charge in [0.2, 0.25) is 5.91 Å². The van der Waals surface area contributed by atoms with Crippen LogP contribution in [-0.2, 0) is 14.3 Å². The highest BCUT2D eigenvalue weighted by molar-refractivity contribution is 6.42. The molecule has 100 valence electrons. The molecule has 1 heterocycles. The maximum absolute atomic E-state index is 12.0. The molecule has 5 nitrogen and oxygen atoms in total. The average molecular weight is 302 g/mol. The number of fused-ring (bicyclic) bond motifs is 1. The maximum atomic E-state index is 12.0. The minimum atomic E-state index is -1.20. The zero-order valence-corrected chi connectivity index (χ0v) is 11.6. The molecule has 1 atom stereocenters. The lowest BCUT2D eigenvalue weighted by atomic mass is 9.88. The second-order valence-electron chi connectivity index (χ2n) is 4.01. The summed E-state index contributed by atoms with van der Waals surface area (Å²) in [5.74, 6) is -3.12. The molecule has 1 aliphatic rings. The summed E-state index contributed by atoms with van der Waals surface area (Å²) < 4.78 is 4.60. The van der Waals surface area contributed by atoms with Gasteiger partial charge in [-0.15, -0.1) is 0 Å². The third kappa shape index (κ3) is 2.09. The number of hydrogen-bond acceptors (Lipinski definition) is 4. The van der Waals surface area contributed by atoms with Gasteiger partial charge in [-0.05, 0) is 17.7 Å². The van der Waals surface area contributed by atoms with Crippen LogP contribution in [-0.4, -0.2) is 36.8 Å². The second kappa shape index (κ2) is 4.83. The summed E-state index contributed by atoms with van der Waals surface area (Å²) in [4.78, 5) is 36.6. The van der Waals surface area contributed by atoms with E-state index in [1.807, 2.05) is 0 Å². The van der Waals surface area contributed by atoms with E-state index in [4.69, 9.17) is 23.2 Å². The number of carbonyl (C=O) groups excluding carboxylic acids is 3. The Kier molecular flexibility index (Phi) is 3.52. The first-order valence-electron chi connectivity index (χ1n) is 5.27. The molecule has 2 rings (SSSR count). The van der Waals surface area contributed by atoms with Gasteiger partial charge in [0.05, 0.1) is 17.2 Å². The molecule has 19 heavy (non-hydrogen) atoms. The van der Waals surface area contributed by atoms with E-state index >= 15 is 0 Å². The first-order chi connectivity index (χ1) is 8.88. The predicted octanol–water partition coefficient (Wildman–Crippen LogP) is 1.86. The third-order valence-corrected chi connectivity index (χ3v) is 3.68. The fourth-order valence-corrected chi connectivity index (χ4v) is 2.28. The monoisotopic (exact) mass is 301 g/mol. The zero-order valence-electron chi connectivity index (χ0n) is 10.1. The Morgan fingerprint density at radius 2 is 1.84 bits per heavy atom. The Balaban J connectivity index is 2.70. The largest absolute Gasteiger partial charge is 0.468 e. The lowest BCUT2D eigenvalue weighted by Gasteiger charge is -2.28. The normalized spacial score (nSPS) is 18.3. The third-order valence-electron chi connectivity index (χ3n) is 2.95. The Morgan fingerprint density at radius 3 is 2.42 bits per heavy atom. The Labute approximate surface area is 119 Å². The zero-order chi connectivity index (χ0) is 14.3. The lowest BCUT2D eigenvalue weighted by molar-refractivity contribution is -0.148. The van der Waals surface area contributed by atoms with E-state index in [2.05, 4.69) is 4.74 Å². The minimum Gasteiger partial charge on any atom is -0.468 e. The molecule has 0 aromatic heterocycles. The van der Waals surface area contributed by atoms with Crippen molar-refractivity contribution in [3.8, 4) is 0 Å². The van der Waals surface area contributed by atoms with Crippen molar-refractivity contribution >= 4 is 41.0 Å². The van der Waals surface area contributed by atoms with Gasteiger partial charge in [0.25, 0.3) is 5.91 Å². The van der Waals surface area contributed by atoms with Crippen molar-refractivity contribution in [1.29, 1.82) is 0 Å². The first kappa shape index (κ1) is 13.8. The summed E-state index contributed by atoms with van der Waals surface area (Å²) in [6.07, 6.45) is 0. The number of esters is 1. The molecule has 7 heteroatoms. The van der Waals surface area contributed by atoms with Crippen LogP contribution < -0.4 is 0 Å². The molecule has 0 saturated carbocycles. The van der Waals surface area contributed by atoms with Crippen molar-refractivity contribution in [2.45, 2.75) is 5.92 Å². The molecule has 1 aliphatic heterocycles. The molecule has 0 bridgehead atoms. The van der Waals surface area contributed by atoms with E-state index in [1.54, 1.807) is 0 Å². The predicted molar refractivity (Wildman–Crippen MR) is 68.3 cm³/mol. The van der Waals surface area contributed by atoms with Gasteiger partial charge < -0.3 is 4.74 Å². The van der Waals surface area contributed by atoms with E-state index in [-0.39, 0.29) is 21.2 Å². The van der Waals surface area contributed by atoms with Crippen molar-refractivity contribution in [1.82, 2.24) is 4.90 Å². The van der Waals surface area contributed by atoms with Crippen LogP contribution in [0.25, 0.3) is 0 Å². The molecule has 0 spiro atoms. The topological polar surface area (TPSA) is 63.7 Å². The molecule has 1 aromatic carbocycles. The van der Waals surface area contributed by atoms with E-state index in [1.165, 1.54) is 26.3 Å². The molecular weight excluding hydrogens is 293 g/mol.